The maximum Gasteiger partial charge on any atom is 0.401 e. The SMILES string of the molecule is Cc1cccnc1[C@@H]1CCC[C@H](c2cn3c(N4CCN(CC(F)(F)F)CC4)cccc3n2)N1C. The van der Waals surface area contributed by atoms with Crippen LogP contribution >= 0.6 is 0 Å². The monoisotopic (exact) mass is 472 g/mol. The van der Waals surface area contributed by atoms with Crippen LogP contribution in [0.5, 0.6) is 0 Å². The van der Waals surface area contributed by atoms with Crippen molar-refractivity contribution in [2.24, 2.45) is 0 Å². The molecule has 2 saturated heterocycles. The summed E-state index contributed by atoms with van der Waals surface area (Å²) in [5.74, 6) is 0.985. The van der Waals surface area contributed by atoms with E-state index in [1.807, 2.05) is 30.5 Å². The zero-order chi connectivity index (χ0) is 23.9. The van der Waals surface area contributed by atoms with E-state index in [9.17, 15) is 13.2 Å². The highest BCUT2D eigenvalue weighted by Gasteiger charge is 2.34. The average Bonchev–Trinajstić information content (AvgIpc) is 3.24. The number of imidazole rings is 1. The molecule has 0 spiro atoms. The number of hydrogen-bond acceptors (Lipinski definition) is 5. The van der Waals surface area contributed by atoms with E-state index in [1.165, 1.54) is 10.5 Å². The Morgan fingerprint density at radius 2 is 1.76 bits per heavy atom. The van der Waals surface area contributed by atoms with Crippen LogP contribution in [0, 0.1) is 6.92 Å². The molecule has 2 aliphatic heterocycles. The van der Waals surface area contributed by atoms with E-state index in [0.717, 1.165) is 42.1 Å². The Hall–Kier alpha value is -2.65. The number of piperidine rings is 1. The second kappa shape index (κ2) is 9.19. The number of aryl methyl sites for hydroxylation is 1. The molecule has 2 fully saturated rings. The van der Waals surface area contributed by atoms with Gasteiger partial charge in [-0.05, 0) is 57.0 Å². The third-order valence-electron chi connectivity index (χ3n) is 7.23. The van der Waals surface area contributed by atoms with Crippen LogP contribution < -0.4 is 4.90 Å². The predicted octanol–water partition coefficient (Wildman–Crippen LogP) is 4.62. The molecule has 9 heteroatoms. The van der Waals surface area contributed by atoms with Gasteiger partial charge < -0.3 is 4.90 Å². The van der Waals surface area contributed by atoms with E-state index in [0.29, 0.717) is 26.2 Å². The van der Waals surface area contributed by atoms with Crippen molar-refractivity contribution < 1.29 is 13.2 Å². The first-order chi connectivity index (χ1) is 16.3. The molecule has 5 heterocycles. The lowest BCUT2D eigenvalue weighted by molar-refractivity contribution is -0.146. The van der Waals surface area contributed by atoms with Gasteiger partial charge in [-0.3, -0.25) is 19.2 Å². The molecule has 3 aromatic rings. The first kappa shape index (κ1) is 23.1. The van der Waals surface area contributed by atoms with Crippen LogP contribution in [0.4, 0.5) is 19.0 Å². The van der Waals surface area contributed by atoms with Crippen molar-refractivity contribution >= 4 is 11.5 Å². The van der Waals surface area contributed by atoms with Crippen LogP contribution in [0.1, 0.15) is 48.3 Å². The zero-order valence-corrected chi connectivity index (χ0v) is 19.7. The number of piperazine rings is 1. The van der Waals surface area contributed by atoms with E-state index in [1.54, 1.807) is 0 Å². The largest absolute Gasteiger partial charge is 0.401 e. The minimum absolute atomic E-state index is 0.191. The molecule has 0 unspecified atom stereocenters. The fourth-order valence-electron chi connectivity index (χ4n) is 5.48. The summed E-state index contributed by atoms with van der Waals surface area (Å²) < 4.78 is 40.4. The molecule has 0 aliphatic carbocycles. The molecular weight excluding hydrogens is 441 g/mol. The molecule has 182 valence electrons. The molecule has 6 nitrogen and oxygen atoms in total. The van der Waals surface area contributed by atoms with Gasteiger partial charge in [-0.15, -0.1) is 0 Å². The third kappa shape index (κ3) is 4.63. The lowest BCUT2D eigenvalue weighted by Gasteiger charge is -2.39. The lowest BCUT2D eigenvalue weighted by atomic mass is 9.91. The number of fused-ring (bicyclic) bond motifs is 1. The van der Waals surface area contributed by atoms with Gasteiger partial charge in [0.1, 0.15) is 11.5 Å². The Morgan fingerprint density at radius 3 is 2.50 bits per heavy atom. The lowest BCUT2D eigenvalue weighted by Crippen LogP contribution is -2.49. The summed E-state index contributed by atoms with van der Waals surface area (Å²) >= 11 is 0. The summed E-state index contributed by atoms with van der Waals surface area (Å²) in [6.07, 6.45) is 3.05. The maximum absolute atomic E-state index is 12.8. The van der Waals surface area contributed by atoms with Gasteiger partial charge in [-0.2, -0.15) is 13.2 Å². The summed E-state index contributed by atoms with van der Waals surface area (Å²) in [7, 11) is 2.16. The van der Waals surface area contributed by atoms with E-state index >= 15 is 0 Å². The predicted molar refractivity (Wildman–Crippen MR) is 126 cm³/mol. The Balaban J connectivity index is 1.37. The second-order valence-electron chi connectivity index (χ2n) is 9.49. The van der Waals surface area contributed by atoms with Crippen molar-refractivity contribution in [2.45, 2.75) is 44.4 Å². The second-order valence-corrected chi connectivity index (χ2v) is 9.49. The van der Waals surface area contributed by atoms with Crippen LogP contribution in [0.15, 0.2) is 42.7 Å². The molecule has 2 aliphatic rings. The van der Waals surface area contributed by atoms with E-state index < -0.39 is 12.7 Å². The number of nitrogens with zero attached hydrogens (tertiary/aromatic N) is 6. The van der Waals surface area contributed by atoms with Crippen LogP contribution in [0.3, 0.4) is 0 Å². The van der Waals surface area contributed by atoms with E-state index in [4.69, 9.17) is 4.98 Å². The summed E-state index contributed by atoms with van der Waals surface area (Å²) in [5, 5.41) is 0. The van der Waals surface area contributed by atoms with E-state index in [-0.39, 0.29) is 12.1 Å². The molecule has 3 aromatic heterocycles. The van der Waals surface area contributed by atoms with Gasteiger partial charge in [0.05, 0.1) is 30.0 Å². The van der Waals surface area contributed by atoms with Crippen molar-refractivity contribution in [3.63, 3.8) is 0 Å². The molecule has 0 aromatic carbocycles. The van der Waals surface area contributed by atoms with Gasteiger partial charge in [0.25, 0.3) is 0 Å². The van der Waals surface area contributed by atoms with Crippen LogP contribution in [-0.2, 0) is 0 Å². The Bertz CT molecular complexity index is 1140. The van der Waals surface area contributed by atoms with Gasteiger partial charge >= 0.3 is 6.18 Å². The summed E-state index contributed by atoms with van der Waals surface area (Å²) in [5.41, 5.74) is 4.25. The highest BCUT2D eigenvalue weighted by atomic mass is 19.4. The Morgan fingerprint density at radius 1 is 1.00 bits per heavy atom. The fourth-order valence-corrected chi connectivity index (χ4v) is 5.48. The maximum atomic E-state index is 12.8. The van der Waals surface area contributed by atoms with Crippen molar-refractivity contribution in [1.82, 2.24) is 24.2 Å². The molecule has 0 N–H and O–H groups in total. The van der Waals surface area contributed by atoms with Crippen LogP contribution in [0.2, 0.25) is 0 Å². The van der Waals surface area contributed by atoms with Gasteiger partial charge in [-0.1, -0.05) is 12.1 Å². The Kier molecular flexibility index (Phi) is 6.24. The molecule has 0 saturated carbocycles. The summed E-state index contributed by atoms with van der Waals surface area (Å²) in [4.78, 5) is 15.7. The zero-order valence-electron chi connectivity index (χ0n) is 19.7. The molecule has 34 heavy (non-hydrogen) atoms. The summed E-state index contributed by atoms with van der Waals surface area (Å²) in [6.45, 7) is 3.19. The number of likely N-dealkylation sites (tertiary alicyclic amines) is 1. The quantitative estimate of drug-likeness (QED) is 0.554. The molecular formula is C25H31F3N6. The first-order valence-corrected chi connectivity index (χ1v) is 12.0. The number of alkyl halides is 3. The standard InChI is InChI=1S/C25H31F3N6/c1-18-6-5-11-29-24(18)21-8-3-7-20(31(21)2)19-16-34-22(30-19)9-4-10-23(34)33-14-12-32(13-15-33)17-25(26,27)28/h4-6,9-11,16,20-21H,3,7-8,12-15,17H2,1-2H3/t20-,21+/m1/s1. The number of anilines is 1. The van der Waals surface area contributed by atoms with Crippen molar-refractivity contribution in [1.29, 1.82) is 0 Å². The summed E-state index contributed by atoms with van der Waals surface area (Å²) in [6, 6.07) is 10.5. The minimum Gasteiger partial charge on any atom is -0.355 e. The normalized spacial score (nSPS) is 23.0. The van der Waals surface area contributed by atoms with Gasteiger partial charge in [0.2, 0.25) is 0 Å². The number of halogens is 3. The Labute approximate surface area is 198 Å². The van der Waals surface area contributed by atoms with Gasteiger partial charge in [0.15, 0.2) is 0 Å². The van der Waals surface area contributed by atoms with Gasteiger partial charge in [0, 0.05) is 38.6 Å². The van der Waals surface area contributed by atoms with Gasteiger partial charge in [-0.25, -0.2) is 4.98 Å². The minimum atomic E-state index is -4.15. The van der Waals surface area contributed by atoms with Crippen molar-refractivity contribution in [3.8, 4) is 0 Å². The first-order valence-electron chi connectivity index (χ1n) is 12.0. The fraction of sp³-hybridized carbons (Fsp3) is 0.520. The number of aromatic nitrogens is 3. The smallest absolute Gasteiger partial charge is 0.355 e. The number of rotatable bonds is 4. The molecule has 5 rings (SSSR count). The molecule has 0 amide bonds. The number of hydrogen-bond donors (Lipinski definition) is 0. The topological polar surface area (TPSA) is 39.9 Å². The molecule has 0 radical (unpaired) electrons. The van der Waals surface area contributed by atoms with E-state index in [2.05, 4.69) is 45.4 Å². The highest BCUT2D eigenvalue weighted by molar-refractivity contribution is 5.53. The van der Waals surface area contributed by atoms with Crippen LogP contribution in [0.25, 0.3) is 5.65 Å². The van der Waals surface area contributed by atoms with Crippen molar-refractivity contribution in [2.75, 3.05) is 44.7 Å². The third-order valence-corrected chi connectivity index (χ3v) is 7.23. The average molecular weight is 473 g/mol. The number of pyridine rings is 2. The van der Waals surface area contributed by atoms with Crippen LogP contribution in [-0.4, -0.2) is 70.1 Å². The van der Waals surface area contributed by atoms with Crippen molar-refractivity contribution in [3.05, 3.63) is 59.7 Å². The highest BCUT2D eigenvalue weighted by Crippen LogP contribution is 2.40. The molecule has 2 atom stereocenters. The molecule has 0 bridgehead atoms.